The van der Waals surface area contributed by atoms with Crippen molar-refractivity contribution in [2.45, 2.75) is 31.1 Å². The van der Waals surface area contributed by atoms with Crippen LogP contribution in [-0.2, 0) is 15.8 Å². The van der Waals surface area contributed by atoms with E-state index >= 15 is 0 Å². The molecule has 1 atom stereocenters. The number of sulfonamides is 1. The molecule has 0 radical (unpaired) electrons. The van der Waals surface area contributed by atoms with Crippen molar-refractivity contribution in [2.24, 2.45) is 0 Å². The van der Waals surface area contributed by atoms with Gasteiger partial charge >= 0.3 is 0 Å². The Labute approximate surface area is 119 Å². The predicted molar refractivity (Wildman–Crippen MR) is 75.2 cm³/mol. The van der Waals surface area contributed by atoms with Crippen molar-refractivity contribution >= 4 is 10.0 Å². The largest absolute Gasteiger partial charge is 0.389 e. The van der Waals surface area contributed by atoms with Gasteiger partial charge in [0, 0.05) is 13.1 Å². The molecule has 108 valence electrons. The van der Waals surface area contributed by atoms with Crippen molar-refractivity contribution in [3.63, 3.8) is 0 Å². The average molecular weight is 294 g/mol. The van der Waals surface area contributed by atoms with Crippen LogP contribution in [0.4, 0.5) is 0 Å². The Kier molecular flexibility index (Phi) is 4.14. The molecule has 0 saturated carbocycles. The molecule has 1 aromatic carbocycles. The standard InChI is InChI=1S/C14H18N2O3S/c1-14(17)6-3-7-16(11-14)20(18,19)10-13-5-2-4-12(8-13)9-15/h2,4-5,8,17H,3,6-7,10-11H2,1H3. The van der Waals surface area contributed by atoms with E-state index in [1.165, 1.54) is 4.31 Å². The number of benzene rings is 1. The topological polar surface area (TPSA) is 81.4 Å². The molecule has 1 aliphatic heterocycles. The first-order chi connectivity index (χ1) is 9.32. The minimum atomic E-state index is -3.47. The summed E-state index contributed by atoms with van der Waals surface area (Å²) >= 11 is 0. The molecular weight excluding hydrogens is 276 g/mol. The molecule has 1 saturated heterocycles. The van der Waals surface area contributed by atoms with Crippen LogP contribution in [0.5, 0.6) is 0 Å². The number of aliphatic hydroxyl groups is 1. The molecule has 0 aromatic heterocycles. The van der Waals surface area contributed by atoms with Crippen molar-refractivity contribution in [1.82, 2.24) is 4.31 Å². The van der Waals surface area contributed by atoms with Gasteiger partial charge in [0.25, 0.3) is 0 Å². The van der Waals surface area contributed by atoms with Crippen LogP contribution < -0.4 is 0 Å². The van der Waals surface area contributed by atoms with Crippen LogP contribution in [0.3, 0.4) is 0 Å². The van der Waals surface area contributed by atoms with E-state index in [0.29, 0.717) is 30.5 Å². The zero-order valence-electron chi connectivity index (χ0n) is 11.4. The molecule has 6 heteroatoms. The predicted octanol–water partition coefficient (Wildman–Crippen LogP) is 1.23. The molecular formula is C14H18N2O3S. The van der Waals surface area contributed by atoms with Gasteiger partial charge in [-0.15, -0.1) is 0 Å². The van der Waals surface area contributed by atoms with Crippen LogP contribution in [0.1, 0.15) is 30.9 Å². The number of piperidine rings is 1. The third kappa shape index (κ3) is 3.57. The van der Waals surface area contributed by atoms with Crippen molar-refractivity contribution in [3.8, 4) is 6.07 Å². The van der Waals surface area contributed by atoms with Gasteiger partial charge in [-0.3, -0.25) is 0 Å². The van der Waals surface area contributed by atoms with E-state index in [1.807, 2.05) is 6.07 Å². The second kappa shape index (κ2) is 5.52. The van der Waals surface area contributed by atoms with Gasteiger partial charge in [-0.1, -0.05) is 12.1 Å². The van der Waals surface area contributed by atoms with Gasteiger partial charge in [0.2, 0.25) is 10.0 Å². The van der Waals surface area contributed by atoms with Gasteiger partial charge < -0.3 is 5.11 Å². The van der Waals surface area contributed by atoms with E-state index in [2.05, 4.69) is 0 Å². The number of hydrogen-bond donors (Lipinski definition) is 1. The average Bonchev–Trinajstić information content (AvgIpc) is 2.37. The summed E-state index contributed by atoms with van der Waals surface area (Å²) in [5.41, 5.74) is 0.0809. The molecule has 1 aromatic rings. The Bertz CT molecular complexity index is 632. The van der Waals surface area contributed by atoms with E-state index in [0.717, 1.165) is 0 Å². The van der Waals surface area contributed by atoms with Crippen LogP contribution >= 0.6 is 0 Å². The number of rotatable bonds is 3. The molecule has 1 N–H and O–H groups in total. The lowest BCUT2D eigenvalue weighted by Crippen LogP contribution is -2.48. The summed E-state index contributed by atoms with van der Waals surface area (Å²) in [6.07, 6.45) is 1.27. The fraction of sp³-hybridized carbons (Fsp3) is 0.500. The van der Waals surface area contributed by atoms with Crippen LogP contribution in [0.25, 0.3) is 0 Å². The molecule has 1 heterocycles. The lowest BCUT2D eigenvalue weighted by atomic mass is 9.97. The monoisotopic (exact) mass is 294 g/mol. The lowest BCUT2D eigenvalue weighted by molar-refractivity contribution is 0.00935. The van der Waals surface area contributed by atoms with Gasteiger partial charge in [0.1, 0.15) is 0 Å². The fourth-order valence-electron chi connectivity index (χ4n) is 2.44. The van der Waals surface area contributed by atoms with E-state index in [9.17, 15) is 13.5 Å². The second-order valence-corrected chi connectivity index (χ2v) is 7.47. The van der Waals surface area contributed by atoms with Crippen LogP contribution in [0.2, 0.25) is 0 Å². The molecule has 1 aliphatic rings. The summed E-state index contributed by atoms with van der Waals surface area (Å²) in [5.74, 6) is -0.140. The van der Waals surface area contributed by atoms with Gasteiger partial charge in [-0.2, -0.15) is 9.57 Å². The quantitative estimate of drug-likeness (QED) is 0.909. The third-order valence-corrected chi connectivity index (χ3v) is 5.23. The minimum Gasteiger partial charge on any atom is -0.389 e. The van der Waals surface area contributed by atoms with E-state index < -0.39 is 15.6 Å². The SMILES string of the molecule is CC1(O)CCCN(S(=O)(=O)Cc2cccc(C#N)c2)C1. The van der Waals surface area contributed by atoms with Crippen molar-refractivity contribution in [3.05, 3.63) is 35.4 Å². The highest BCUT2D eigenvalue weighted by Gasteiger charge is 2.34. The number of β-amino-alcohol motifs (C(OH)–C–C–N with tert-alkyl or cyclic N) is 1. The number of hydrogen-bond acceptors (Lipinski definition) is 4. The lowest BCUT2D eigenvalue weighted by Gasteiger charge is -2.36. The first kappa shape index (κ1) is 15.0. The molecule has 0 bridgehead atoms. The highest BCUT2D eigenvalue weighted by Crippen LogP contribution is 2.24. The Morgan fingerprint density at radius 2 is 2.25 bits per heavy atom. The first-order valence-electron chi connectivity index (χ1n) is 6.52. The van der Waals surface area contributed by atoms with Crippen LogP contribution in [0, 0.1) is 11.3 Å². The maximum absolute atomic E-state index is 12.4. The summed E-state index contributed by atoms with van der Waals surface area (Å²) in [7, 11) is -3.47. The number of nitrogens with zero attached hydrogens (tertiary/aromatic N) is 2. The maximum atomic E-state index is 12.4. The van der Waals surface area contributed by atoms with Crippen molar-refractivity contribution in [2.75, 3.05) is 13.1 Å². The third-order valence-electron chi connectivity index (χ3n) is 3.44. The zero-order valence-corrected chi connectivity index (χ0v) is 12.2. The maximum Gasteiger partial charge on any atom is 0.218 e. The fourth-order valence-corrected chi connectivity index (χ4v) is 4.11. The van der Waals surface area contributed by atoms with Crippen LogP contribution in [0.15, 0.2) is 24.3 Å². The van der Waals surface area contributed by atoms with Crippen LogP contribution in [-0.4, -0.2) is 36.5 Å². The molecule has 1 fully saturated rings. The molecule has 0 spiro atoms. The Balaban J connectivity index is 2.17. The highest BCUT2D eigenvalue weighted by molar-refractivity contribution is 7.88. The molecule has 0 aliphatic carbocycles. The van der Waals surface area contributed by atoms with Gasteiger partial charge in [-0.05, 0) is 37.5 Å². The second-order valence-electron chi connectivity index (χ2n) is 5.50. The zero-order chi connectivity index (χ0) is 14.8. The first-order valence-corrected chi connectivity index (χ1v) is 8.13. The molecule has 5 nitrogen and oxygen atoms in total. The summed E-state index contributed by atoms with van der Waals surface area (Å²) in [6.45, 7) is 2.23. The Hall–Kier alpha value is -1.42. The van der Waals surface area contributed by atoms with Gasteiger partial charge in [-0.25, -0.2) is 8.42 Å². The van der Waals surface area contributed by atoms with Gasteiger partial charge in [0.15, 0.2) is 0 Å². The summed E-state index contributed by atoms with van der Waals surface area (Å²) in [4.78, 5) is 0. The Morgan fingerprint density at radius 1 is 1.50 bits per heavy atom. The Morgan fingerprint density at radius 3 is 2.90 bits per heavy atom. The number of nitriles is 1. The van der Waals surface area contributed by atoms with Crippen molar-refractivity contribution in [1.29, 1.82) is 5.26 Å². The van der Waals surface area contributed by atoms with E-state index in [-0.39, 0.29) is 12.3 Å². The van der Waals surface area contributed by atoms with Gasteiger partial charge in [0.05, 0.1) is 23.0 Å². The molecule has 0 amide bonds. The smallest absolute Gasteiger partial charge is 0.218 e. The van der Waals surface area contributed by atoms with E-state index in [1.54, 1.807) is 31.2 Å². The summed E-state index contributed by atoms with van der Waals surface area (Å²) in [6, 6.07) is 8.59. The normalized spacial score (nSPS) is 24.2. The van der Waals surface area contributed by atoms with E-state index in [4.69, 9.17) is 5.26 Å². The van der Waals surface area contributed by atoms with Crippen molar-refractivity contribution < 1.29 is 13.5 Å². The molecule has 2 rings (SSSR count). The summed E-state index contributed by atoms with van der Waals surface area (Å²) < 4.78 is 26.1. The minimum absolute atomic E-state index is 0.132. The molecule has 20 heavy (non-hydrogen) atoms. The molecule has 1 unspecified atom stereocenters. The summed E-state index contributed by atoms with van der Waals surface area (Å²) in [5, 5.41) is 18.8. The highest BCUT2D eigenvalue weighted by atomic mass is 32.2.